The Kier molecular flexibility index (Phi) is 6.30. The van der Waals surface area contributed by atoms with Gasteiger partial charge in [-0.25, -0.2) is 4.79 Å². The lowest BCUT2D eigenvalue weighted by Gasteiger charge is -1.98. The lowest BCUT2D eigenvalue weighted by molar-refractivity contribution is -0.119. The summed E-state index contributed by atoms with van der Waals surface area (Å²) < 4.78 is 1.75. The summed E-state index contributed by atoms with van der Waals surface area (Å²) in [4.78, 5) is 21.5. The van der Waals surface area contributed by atoms with E-state index in [2.05, 4.69) is 10.2 Å². The lowest BCUT2D eigenvalue weighted by atomic mass is 10.4. The monoisotopic (exact) mass is 292 g/mol. The topological polar surface area (TPSA) is 98.0 Å². The number of amides is 3. The predicted molar refractivity (Wildman–Crippen MR) is 69.4 cm³/mol. The van der Waals surface area contributed by atoms with E-state index in [9.17, 15) is 9.59 Å². The highest BCUT2D eigenvalue weighted by molar-refractivity contribution is 8.03. The molecular weight excluding hydrogens is 280 g/mol. The van der Waals surface area contributed by atoms with E-state index in [4.69, 9.17) is 5.73 Å². The molecule has 3 N–H and O–H groups in total. The third kappa shape index (κ3) is 5.89. The molecule has 0 atom stereocenters. The average Bonchev–Trinajstić information content (AvgIpc) is 2.65. The zero-order valence-electron chi connectivity index (χ0n) is 9.13. The molecule has 0 aliphatic carbocycles. The number of hydrogen-bond acceptors (Lipinski definition) is 7. The van der Waals surface area contributed by atoms with Gasteiger partial charge < -0.3 is 5.73 Å². The van der Waals surface area contributed by atoms with Crippen LogP contribution < -0.4 is 11.1 Å². The molecule has 0 spiro atoms. The van der Waals surface area contributed by atoms with E-state index in [1.54, 1.807) is 11.8 Å². The Bertz CT molecular complexity index is 396. The van der Waals surface area contributed by atoms with Crippen molar-refractivity contribution in [3.63, 3.8) is 0 Å². The van der Waals surface area contributed by atoms with Crippen LogP contribution in [0, 0.1) is 0 Å². The molecule has 0 saturated heterocycles. The van der Waals surface area contributed by atoms with Gasteiger partial charge in [0.2, 0.25) is 5.91 Å². The fourth-order valence-electron chi connectivity index (χ4n) is 0.868. The smallest absolute Gasteiger partial charge is 0.318 e. The Morgan fingerprint density at radius 2 is 2.00 bits per heavy atom. The molecule has 0 saturated carbocycles. The van der Waals surface area contributed by atoms with Gasteiger partial charge in [0, 0.05) is 12.2 Å². The number of thioether (sulfide) groups is 2. The summed E-state index contributed by atoms with van der Waals surface area (Å²) in [5.41, 5.74) is 4.81. The summed E-state index contributed by atoms with van der Waals surface area (Å²) in [5, 5.41) is 9.97. The first kappa shape index (κ1) is 14.3. The van der Waals surface area contributed by atoms with E-state index in [0.717, 1.165) is 14.4 Å². The molecule has 0 aromatic carbocycles. The third-order valence-electron chi connectivity index (χ3n) is 1.47. The maximum atomic E-state index is 11.1. The number of urea groups is 1. The van der Waals surface area contributed by atoms with Crippen molar-refractivity contribution in [1.29, 1.82) is 0 Å². The Morgan fingerprint density at radius 1 is 1.35 bits per heavy atom. The molecule has 6 nitrogen and oxygen atoms in total. The fraction of sp³-hybridized carbons (Fsp3) is 0.500. The molecule has 0 fully saturated rings. The molecule has 0 unspecified atom stereocenters. The van der Waals surface area contributed by atoms with Crippen molar-refractivity contribution in [2.75, 3.05) is 11.5 Å². The molecule has 17 heavy (non-hydrogen) atoms. The van der Waals surface area contributed by atoms with Gasteiger partial charge in [0.05, 0.1) is 0 Å². The number of hydrogen-bond donors (Lipinski definition) is 2. The van der Waals surface area contributed by atoms with Gasteiger partial charge in [-0.05, 0) is 5.75 Å². The van der Waals surface area contributed by atoms with Crippen molar-refractivity contribution in [2.24, 2.45) is 5.73 Å². The third-order valence-corrected chi connectivity index (χ3v) is 4.55. The number of rotatable bonds is 6. The molecule has 1 rings (SSSR count). The van der Waals surface area contributed by atoms with Gasteiger partial charge in [-0.1, -0.05) is 41.8 Å². The molecule has 3 amide bonds. The summed E-state index contributed by atoms with van der Waals surface area (Å²) in [6.07, 6.45) is 0.226. The Labute approximate surface area is 111 Å². The highest BCUT2D eigenvalue weighted by Gasteiger charge is 2.07. The summed E-state index contributed by atoms with van der Waals surface area (Å²) in [6, 6.07) is -0.822. The predicted octanol–water partition coefficient (Wildman–Crippen LogP) is 1.33. The molecule has 0 bridgehead atoms. The highest BCUT2D eigenvalue weighted by atomic mass is 32.2. The number of carbonyl (C=O) groups is 2. The second-order valence-corrected chi connectivity index (χ2v) is 6.61. The van der Waals surface area contributed by atoms with Gasteiger partial charge in [0.25, 0.3) is 0 Å². The number of nitrogens with zero attached hydrogens (tertiary/aromatic N) is 2. The van der Waals surface area contributed by atoms with Crippen molar-refractivity contribution in [3.8, 4) is 0 Å². The Morgan fingerprint density at radius 3 is 2.59 bits per heavy atom. The Balaban J connectivity index is 2.25. The van der Waals surface area contributed by atoms with Crippen LogP contribution in [0.4, 0.5) is 4.79 Å². The average molecular weight is 292 g/mol. The quantitative estimate of drug-likeness (QED) is 0.768. The van der Waals surface area contributed by atoms with Crippen LogP contribution in [-0.2, 0) is 4.79 Å². The van der Waals surface area contributed by atoms with Crippen LogP contribution in [0.15, 0.2) is 8.68 Å². The van der Waals surface area contributed by atoms with Crippen LogP contribution in [0.5, 0.6) is 0 Å². The van der Waals surface area contributed by atoms with E-state index >= 15 is 0 Å². The molecule has 0 radical (unpaired) electrons. The minimum absolute atomic E-state index is 0.226. The van der Waals surface area contributed by atoms with Gasteiger partial charge in [0.15, 0.2) is 8.68 Å². The van der Waals surface area contributed by atoms with E-state index in [0.29, 0.717) is 5.75 Å². The minimum Gasteiger partial charge on any atom is -0.351 e. The van der Waals surface area contributed by atoms with Crippen LogP contribution in [0.1, 0.15) is 13.3 Å². The first-order chi connectivity index (χ1) is 8.11. The van der Waals surface area contributed by atoms with E-state index in [1.165, 1.54) is 23.1 Å². The first-order valence-electron chi connectivity index (χ1n) is 4.80. The molecule has 1 heterocycles. The second-order valence-electron chi connectivity index (χ2n) is 2.78. The van der Waals surface area contributed by atoms with E-state index < -0.39 is 6.03 Å². The summed E-state index contributed by atoms with van der Waals surface area (Å²) in [5.74, 6) is 1.13. The molecular formula is C8H12N4O2S3. The highest BCUT2D eigenvalue weighted by Crippen LogP contribution is 2.28. The van der Waals surface area contributed by atoms with Gasteiger partial charge in [-0.2, -0.15) is 0 Å². The molecule has 0 aliphatic heterocycles. The van der Waals surface area contributed by atoms with Crippen molar-refractivity contribution in [2.45, 2.75) is 22.0 Å². The number of nitrogens with two attached hydrogens (primary N) is 1. The minimum atomic E-state index is -0.822. The molecule has 9 heteroatoms. The summed E-state index contributed by atoms with van der Waals surface area (Å²) in [7, 11) is 0. The zero-order chi connectivity index (χ0) is 12.7. The normalized spacial score (nSPS) is 10.2. The van der Waals surface area contributed by atoms with Crippen LogP contribution in [0.25, 0.3) is 0 Å². The number of primary amides is 1. The molecule has 1 aromatic rings. The second kappa shape index (κ2) is 7.51. The van der Waals surface area contributed by atoms with Crippen molar-refractivity contribution < 1.29 is 9.59 Å². The van der Waals surface area contributed by atoms with Crippen LogP contribution in [0.3, 0.4) is 0 Å². The lowest BCUT2D eigenvalue weighted by Crippen LogP contribution is -2.35. The largest absolute Gasteiger partial charge is 0.351 e. The number of carbonyl (C=O) groups excluding carboxylic acids is 2. The van der Waals surface area contributed by atoms with E-state index in [1.807, 2.05) is 12.2 Å². The van der Waals surface area contributed by atoms with Crippen LogP contribution in [0.2, 0.25) is 0 Å². The van der Waals surface area contributed by atoms with Gasteiger partial charge in [0.1, 0.15) is 0 Å². The number of nitrogens with one attached hydrogen (secondary N) is 1. The standard InChI is InChI=1S/C8H12N4O2S3/c1-2-15-7-11-12-8(17-7)16-4-3-5(13)10-6(9)14/h2-4H2,1H3,(H3,9,10,13,14). The van der Waals surface area contributed by atoms with Crippen LogP contribution in [-0.4, -0.2) is 33.6 Å². The number of aromatic nitrogens is 2. The van der Waals surface area contributed by atoms with Crippen LogP contribution >= 0.6 is 34.9 Å². The molecule has 0 aliphatic rings. The van der Waals surface area contributed by atoms with Crippen molar-refractivity contribution in [1.82, 2.24) is 15.5 Å². The van der Waals surface area contributed by atoms with Crippen molar-refractivity contribution >= 4 is 46.8 Å². The number of imide groups is 1. The van der Waals surface area contributed by atoms with Gasteiger partial charge >= 0.3 is 6.03 Å². The Hall–Kier alpha value is -0.800. The maximum Gasteiger partial charge on any atom is 0.318 e. The SMILES string of the molecule is CCSc1nnc(SCCC(=O)NC(N)=O)s1. The van der Waals surface area contributed by atoms with Crippen molar-refractivity contribution in [3.05, 3.63) is 0 Å². The summed E-state index contributed by atoms with van der Waals surface area (Å²) in [6.45, 7) is 2.05. The zero-order valence-corrected chi connectivity index (χ0v) is 11.6. The van der Waals surface area contributed by atoms with Gasteiger partial charge in [-0.15, -0.1) is 10.2 Å². The molecule has 94 valence electrons. The first-order valence-corrected chi connectivity index (χ1v) is 7.59. The molecule has 1 aromatic heterocycles. The van der Waals surface area contributed by atoms with Gasteiger partial charge in [-0.3, -0.25) is 10.1 Å². The van der Waals surface area contributed by atoms with E-state index in [-0.39, 0.29) is 12.3 Å². The fourth-order valence-corrected chi connectivity index (χ4v) is 3.79. The summed E-state index contributed by atoms with van der Waals surface area (Å²) >= 11 is 4.58. The maximum absolute atomic E-state index is 11.1.